The maximum absolute atomic E-state index is 13.1. The first-order valence-corrected chi connectivity index (χ1v) is 12.0. The summed E-state index contributed by atoms with van der Waals surface area (Å²) in [6.45, 7) is 4.90. The Hall–Kier alpha value is -2.42. The molecule has 1 heterocycles. The van der Waals surface area contributed by atoms with Crippen molar-refractivity contribution in [3.8, 4) is 11.5 Å². The molecule has 0 saturated carbocycles. The van der Waals surface area contributed by atoms with Crippen LogP contribution in [0, 0.1) is 6.92 Å². The number of hydrogen-bond acceptors (Lipinski definition) is 6. The van der Waals surface area contributed by atoms with E-state index < -0.39 is 10.0 Å². The first-order valence-electron chi connectivity index (χ1n) is 9.69. The molecule has 0 N–H and O–H groups in total. The molecule has 0 saturated heterocycles. The number of thiazole rings is 1. The Morgan fingerprint density at radius 3 is 2.33 bits per heavy atom. The molecule has 0 amide bonds. The predicted octanol–water partition coefficient (Wildman–Crippen LogP) is 4.64. The van der Waals surface area contributed by atoms with E-state index in [2.05, 4.69) is 4.98 Å². The highest BCUT2D eigenvalue weighted by molar-refractivity contribution is 7.89. The summed E-state index contributed by atoms with van der Waals surface area (Å²) in [5.41, 5.74) is 1.74. The second-order valence-corrected chi connectivity index (χ2v) is 9.73. The number of methoxy groups -OCH3 is 1. The quantitative estimate of drug-likeness (QED) is 0.454. The van der Waals surface area contributed by atoms with Gasteiger partial charge in [-0.15, -0.1) is 11.3 Å². The van der Waals surface area contributed by atoms with E-state index in [1.165, 1.54) is 15.6 Å². The van der Waals surface area contributed by atoms with Crippen LogP contribution in [0.25, 0.3) is 0 Å². The van der Waals surface area contributed by atoms with Crippen LogP contribution in [0.1, 0.15) is 29.6 Å². The van der Waals surface area contributed by atoms with Gasteiger partial charge < -0.3 is 9.47 Å². The summed E-state index contributed by atoms with van der Waals surface area (Å²) in [7, 11) is -1.96. The van der Waals surface area contributed by atoms with Crippen molar-refractivity contribution in [2.75, 3.05) is 13.7 Å². The molecule has 0 bridgehead atoms. The van der Waals surface area contributed by atoms with Crippen molar-refractivity contribution >= 4 is 21.4 Å². The van der Waals surface area contributed by atoms with Crippen LogP contribution < -0.4 is 9.47 Å². The fourth-order valence-electron chi connectivity index (χ4n) is 2.88. The van der Waals surface area contributed by atoms with Gasteiger partial charge in [-0.3, -0.25) is 0 Å². The van der Waals surface area contributed by atoms with E-state index in [9.17, 15) is 8.42 Å². The van der Waals surface area contributed by atoms with Crippen LogP contribution in [-0.2, 0) is 23.2 Å². The molecule has 0 radical (unpaired) electrons. The second kappa shape index (κ2) is 10.1. The second-order valence-electron chi connectivity index (χ2n) is 6.85. The molecular weight excluding hydrogens is 420 g/mol. The minimum Gasteiger partial charge on any atom is -0.497 e. The van der Waals surface area contributed by atoms with E-state index in [1.807, 2.05) is 55.6 Å². The SMILES string of the molecule is CCCN(Cc1csc(COc2ccc(OC)cc2)n1)S(=O)(=O)c1ccc(C)cc1. The van der Waals surface area contributed by atoms with Crippen molar-refractivity contribution in [1.29, 1.82) is 0 Å². The van der Waals surface area contributed by atoms with Crippen LogP contribution in [0.15, 0.2) is 58.8 Å². The van der Waals surface area contributed by atoms with E-state index in [-0.39, 0.29) is 6.54 Å². The molecule has 6 nitrogen and oxygen atoms in total. The summed E-state index contributed by atoms with van der Waals surface area (Å²) < 4.78 is 38.5. The lowest BCUT2D eigenvalue weighted by molar-refractivity contribution is 0.304. The number of hydrogen-bond donors (Lipinski definition) is 0. The fourth-order valence-corrected chi connectivity index (χ4v) is 5.08. The van der Waals surface area contributed by atoms with E-state index in [1.54, 1.807) is 19.2 Å². The van der Waals surface area contributed by atoms with E-state index in [0.29, 0.717) is 18.0 Å². The van der Waals surface area contributed by atoms with Crippen molar-refractivity contribution in [2.45, 2.75) is 38.3 Å². The van der Waals surface area contributed by atoms with Crippen molar-refractivity contribution in [3.05, 3.63) is 70.2 Å². The van der Waals surface area contributed by atoms with Crippen LogP contribution in [0.5, 0.6) is 11.5 Å². The number of nitrogens with zero attached hydrogens (tertiary/aromatic N) is 2. The van der Waals surface area contributed by atoms with Gasteiger partial charge >= 0.3 is 0 Å². The Bertz CT molecular complexity index is 1050. The Morgan fingerprint density at radius 1 is 1.03 bits per heavy atom. The molecule has 30 heavy (non-hydrogen) atoms. The smallest absolute Gasteiger partial charge is 0.243 e. The Kier molecular flexibility index (Phi) is 7.47. The molecule has 1 aromatic heterocycles. The monoisotopic (exact) mass is 446 g/mol. The van der Waals surface area contributed by atoms with Gasteiger partial charge in [0, 0.05) is 11.9 Å². The Labute approximate surface area is 182 Å². The number of rotatable bonds is 10. The normalized spacial score (nSPS) is 11.6. The standard InChI is InChI=1S/C22H26N2O4S2/c1-4-13-24(30(25,26)21-11-5-17(2)6-12-21)14-18-16-29-22(23-18)15-28-20-9-7-19(27-3)8-10-20/h5-12,16H,4,13-15H2,1-3H3. The number of benzene rings is 2. The summed E-state index contributed by atoms with van der Waals surface area (Å²) >= 11 is 1.46. The number of aromatic nitrogens is 1. The molecule has 0 aliphatic carbocycles. The summed E-state index contributed by atoms with van der Waals surface area (Å²) in [4.78, 5) is 4.87. The van der Waals surface area contributed by atoms with Gasteiger partial charge in [0.1, 0.15) is 23.1 Å². The minimum absolute atomic E-state index is 0.239. The summed E-state index contributed by atoms with van der Waals surface area (Å²) in [6, 6.07) is 14.3. The van der Waals surface area contributed by atoms with Gasteiger partial charge in [0.05, 0.1) is 24.2 Å². The minimum atomic E-state index is -3.58. The van der Waals surface area contributed by atoms with Crippen LogP contribution >= 0.6 is 11.3 Å². The molecule has 0 fully saturated rings. The molecule has 8 heteroatoms. The van der Waals surface area contributed by atoms with Gasteiger partial charge in [-0.2, -0.15) is 4.31 Å². The number of aryl methyl sites for hydroxylation is 1. The van der Waals surface area contributed by atoms with Gasteiger partial charge in [0.15, 0.2) is 0 Å². The third-order valence-electron chi connectivity index (χ3n) is 4.49. The van der Waals surface area contributed by atoms with Crippen LogP contribution in [0.3, 0.4) is 0 Å². The van der Waals surface area contributed by atoms with Crippen molar-refractivity contribution < 1.29 is 17.9 Å². The number of sulfonamides is 1. The highest BCUT2D eigenvalue weighted by Crippen LogP contribution is 2.22. The maximum Gasteiger partial charge on any atom is 0.243 e. The van der Waals surface area contributed by atoms with Crippen molar-refractivity contribution in [2.24, 2.45) is 0 Å². The van der Waals surface area contributed by atoms with Crippen molar-refractivity contribution in [1.82, 2.24) is 9.29 Å². The van der Waals surface area contributed by atoms with Gasteiger partial charge in [-0.1, -0.05) is 24.6 Å². The van der Waals surface area contributed by atoms with E-state index >= 15 is 0 Å². The zero-order valence-corrected chi connectivity index (χ0v) is 19.0. The maximum atomic E-state index is 13.1. The average Bonchev–Trinajstić information content (AvgIpc) is 3.20. The average molecular weight is 447 g/mol. The Morgan fingerprint density at radius 2 is 1.70 bits per heavy atom. The van der Waals surface area contributed by atoms with Gasteiger partial charge in [0.2, 0.25) is 10.0 Å². The third kappa shape index (κ3) is 5.59. The predicted molar refractivity (Wildman–Crippen MR) is 119 cm³/mol. The molecule has 2 aromatic carbocycles. The largest absolute Gasteiger partial charge is 0.497 e. The lowest BCUT2D eigenvalue weighted by atomic mass is 10.2. The zero-order chi connectivity index (χ0) is 21.6. The lowest BCUT2D eigenvalue weighted by Gasteiger charge is -2.21. The van der Waals surface area contributed by atoms with E-state index in [4.69, 9.17) is 9.47 Å². The fraction of sp³-hybridized carbons (Fsp3) is 0.318. The first-order chi connectivity index (χ1) is 14.4. The molecule has 0 spiro atoms. The molecular formula is C22H26N2O4S2. The van der Waals surface area contributed by atoms with E-state index in [0.717, 1.165) is 34.2 Å². The molecule has 3 rings (SSSR count). The molecule has 0 aliphatic heterocycles. The molecule has 160 valence electrons. The van der Waals surface area contributed by atoms with Crippen LogP contribution in [0.4, 0.5) is 0 Å². The lowest BCUT2D eigenvalue weighted by Crippen LogP contribution is -2.31. The zero-order valence-electron chi connectivity index (χ0n) is 17.4. The topological polar surface area (TPSA) is 68.7 Å². The highest BCUT2D eigenvalue weighted by atomic mass is 32.2. The summed E-state index contributed by atoms with van der Waals surface area (Å²) in [6.07, 6.45) is 0.725. The first kappa shape index (κ1) is 22.3. The highest BCUT2D eigenvalue weighted by Gasteiger charge is 2.24. The van der Waals surface area contributed by atoms with Gasteiger partial charge in [0.25, 0.3) is 0 Å². The molecule has 0 atom stereocenters. The van der Waals surface area contributed by atoms with Crippen LogP contribution in [0.2, 0.25) is 0 Å². The van der Waals surface area contributed by atoms with Crippen LogP contribution in [-0.4, -0.2) is 31.4 Å². The molecule has 0 aliphatic rings. The molecule has 3 aromatic rings. The summed E-state index contributed by atoms with van der Waals surface area (Å²) in [5.74, 6) is 1.49. The third-order valence-corrected chi connectivity index (χ3v) is 7.22. The number of ether oxygens (including phenoxy) is 2. The van der Waals surface area contributed by atoms with Gasteiger partial charge in [-0.05, 0) is 49.7 Å². The molecule has 0 unspecified atom stereocenters. The van der Waals surface area contributed by atoms with Crippen molar-refractivity contribution in [3.63, 3.8) is 0 Å². The summed E-state index contributed by atoms with van der Waals surface area (Å²) in [5, 5.41) is 2.69. The van der Waals surface area contributed by atoms with Gasteiger partial charge in [-0.25, -0.2) is 13.4 Å². The Balaban J connectivity index is 1.67.